The van der Waals surface area contributed by atoms with Crippen LogP contribution in [0.1, 0.15) is 13.8 Å². The third-order valence-corrected chi connectivity index (χ3v) is 4.87. The van der Waals surface area contributed by atoms with Crippen molar-refractivity contribution in [2.75, 3.05) is 10.6 Å². The average molecular weight is 428 g/mol. The van der Waals surface area contributed by atoms with E-state index in [9.17, 15) is 9.59 Å². The summed E-state index contributed by atoms with van der Waals surface area (Å²) in [6.07, 6.45) is 1.69. The number of benzene rings is 3. The monoisotopic (exact) mass is 427 g/mol. The Morgan fingerprint density at radius 3 is 2.31 bits per heavy atom. The van der Waals surface area contributed by atoms with E-state index in [1.165, 1.54) is 4.57 Å². The van der Waals surface area contributed by atoms with Gasteiger partial charge in [0.05, 0.1) is 6.10 Å². The number of hydrogen-bond acceptors (Lipinski definition) is 4. The lowest BCUT2D eigenvalue weighted by atomic mass is 10.1. The predicted octanol–water partition coefficient (Wildman–Crippen LogP) is 5.17. The smallest absolute Gasteiger partial charge is 0.258 e. The lowest BCUT2D eigenvalue weighted by molar-refractivity contribution is -0.116. The zero-order chi connectivity index (χ0) is 22.5. The molecule has 2 N–H and O–H groups in total. The molecular weight excluding hydrogens is 402 g/mol. The fourth-order valence-electron chi connectivity index (χ4n) is 3.42. The summed E-state index contributed by atoms with van der Waals surface area (Å²) in [6.45, 7) is 3.84. The predicted molar refractivity (Wildman–Crippen MR) is 129 cm³/mol. The molecule has 162 valence electrons. The fraction of sp³-hybridized carbons (Fsp3) is 0.154. The largest absolute Gasteiger partial charge is 0.491 e. The fourth-order valence-corrected chi connectivity index (χ4v) is 3.42. The second kappa shape index (κ2) is 9.39. The van der Waals surface area contributed by atoms with Gasteiger partial charge in [-0.2, -0.15) is 0 Å². The van der Waals surface area contributed by atoms with Crippen LogP contribution in [0.2, 0.25) is 0 Å². The number of carbonyl (C=O) groups excluding carboxylic acids is 1. The lowest BCUT2D eigenvalue weighted by Crippen LogP contribution is -2.27. The molecule has 4 rings (SSSR count). The van der Waals surface area contributed by atoms with E-state index in [0.717, 1.165) is 16.8 Å². The van der Waals surface area contributed by atoms with Crippen molar-refractivity contribution in [2.24, 2.45) is 0 Å². The number of fused-ring (bicyclic) bond motifs is 1. The maximum Gasteiger partial charge on any atom is 0.258 e. The Bertz CT molecular complexity index is 1280. The van der Waals surface area contributed by atoms with E-state index in [1.54, 1.807) is 18.3 Å². The molecule has 4 aromatic rings. The van der Waals surface area contributed by atoms with Crippen molar-refractivity contribution in [2.45, 2.75) is 26.5 Å². The van der Waals surface area contributed by atoms with Crippen LogP contribution in [-0.4, -0.2) is 16.6 Å². The minimum absolute atomic E-state index is 0.0553. The summed E-state index contributed by atoms with van der Waals surface area (Å²) in [5, 5.41) is 7.47. The van der Waals surface area contributed by atoms with Crippen molar-refractivity contribution >= 4 is 33.7 Å². The molecule has 6 nitrogen and oxygen atoms in total. The molecule has 0 atom stereocenters. The molecule has 3 aromatic carbocycles. The van der Waals surface area contributed by atoms with Crippen LogP contribution in [0.4, 0.5) is 17.1 Å². The highest BCUT2D eigenvalue weighted by molar-refractivity contribution is 5.91. The maximum atomic E-state index is 12.8. The summed E-state index contributed by atoms with van der Waals surface area (Å²) in [6, 6.07) is 24.4. The van der Waals surface area contributed by atoms with Crippen LogP contribution >= 0.6 is 0 Å². The molecule has 0 saturated heterocycles. The van der Waals surface area contributed by atoms with Crippen LogP contribution in [0.15, 0.2) is 89.9 Å². The second-order valence-electron chi connectivity index (χ2n) is 7.78. The Hall–Kier alpha value is -4.06. The highest BCUT2D eigenvalue weighted by atomic mass is 16.5. The van der Waals surface area contributed by atoms with Gasteiger partial charge in [0.15, 0.2) is 0 Å². The number of pyridine rings is 1. The molecule has 0 aliphatic carbocycles. The van der Waals surface area contributed by atoms with Gasteiger partial charge in [0.25, 0.3) is 5.56 Å². The first-order chi connectivity index (χ1) is 15.5. The first-order valence-corrected chi connectivity index (χ1v) is 10.5. The number of hydrogen-bond donors (Lipinski definition) is 2. The highest BCUT2D eigenvalue weighted by Crippen LogP contribution is 2.20. The molecule has 0 spiro atoms. The lowest BCUT2D eigenvalue weighted by Gasteiger charge is -2.12. The second-order valence-corrected chi connectivity index (χ2v) is 7.78. The van der Waals surface area contributed by atoms with E-state index in [0.29, 0.717) is 16.8 Å². The first kappa shape index (κ1) is 21.2. The first-order valence-electron chi connectivity index (χ1n) is 10.5. The topological polar surface area (TPSA) is 72.4 Å². The molecule has 0 saturated carbocycles. The van der Waals surface area contributed by atoms with Gasteiger partial charge in [0.2, 0.25) is 5.91 Å². The molecular formula is C26H25N3O3. The van der Waals surface area contributed by atoms with Crippen molar-refractivity contribution < 1.29 is 9.53 Å². The highest BCUT2D eigenvalue weighted by Gasteiger charge is 2.09. The van der Waals surface area contributed by atoms with E-state index >= 15 is 0 Å². The Morgan fingerprint density at radius 1 is 0.906 bits per heavy atom. The normalized spacial score (nSPS) is 10.8. The SMILES string of the molecule is CC(C)Oc1ccc2c(=O)n(CC(=O)Nc3ccc(Nc4ccccc4)cc3)ccc2c1. The van der Waals surface area contributed by atoms with Gasteiger partial charge >= 0.3 is 0 Å². The van der Waals surface area contributed by atoms with E-state index in [2.05, 4.69) is 10.6 Å². The summed E-state index contributed by atoms with van der Waals surface area (Å²) < 4.78 is 7.10. The minimum atomic E-state index is -0.269. The number of nitrogens with zero attached hydrogens (tertiary/aromatic N) is 1. The van der Waals surface area contributed by atoms with Gasteiger partial charge in [-0.1, -0.05) is 18.2 Å². The molecule has 6 heteroatoms. The third-order valence-electron chi connectivity index (χ3n) is 4.87. The van der Waals surface area contributed by atoms with Crippen LogP contribution < -0.4 is 20.9 Å². The minimum Gasteiger partial charge on any atom is -0.491 e. The average Bonchev–Trinajstić information content (AvgIpc) is 2.77. The van der Waals surface area contributed by atoms with Crippen molar-refractivity contribution in [1.29, 1.82) is 0 Å². The van der Waals surface area contributed by atoms with E-state index in [-0.39, 0.29) is 24.1 Å². The maximum absolute atomic E-state index is 12.8. The molecule has 0 bridgehead atoms. The van der Waals surface area contributed by atoms with Crippen molar-refractivity contribution in [3.63, 3.8) is 0 Å². The molecule has 1 heterocycles. The Balaban J connectivity index is 1.42. The van der Waals surface area contributed by atoms with Gasteiger partial charge in [0, 0.05) is 28.6 Å². The Kier molecular flexibility index (Phi) is 6.22. The summed E-state index contributed by atoms with van der Waals surface area (Å²) in [5.41, 5.74) is 2.36. The zero-order valence-electron chi connectivity index (χ0n) is 18.0. The summed E-state index contributed by atoms with van der Waals surface area (Å²) in [5.74, 6) is 0.447. The summed E-state index contributed by atoms with van der Waals surface area (Å²) in [7, 11) is 0. The third kappa shape index (κ3) is 5.16. The van der Waals surface area contributed by atoms with Gasteiger partial charge in [-0.15, -0.1) is 0 Å². The number of rotatable bonds is 7. The summed E-state index contributed by atoms with van der Waals surface area (Å²) in [4.78, 5) is 25.3. The number of amides is 1. The van der Waals surface area contributed by atoms with Gasteiger partial charge in [-0.3, -0.25) is 9.59 Å². The number of aromatic nitrogens is 1. The van der Waals surface area contributed by atoms with Crippen molar-refractivity contribution in [1.82, 2.24) is 4.57 Å². The van der Waals surface area contributed by atoms with E-state index in [1.807, 2.05) is 80.6 Å². The van der Waals surface area contributed by atoms with Crippen LogP contribution in [0.3, 0.4) is 0 Å². The van der Waals surface area contributed by atoms with Crippen molar-refractivity contribution in [3.8, 4) is 5.75 Å². The van der Waals surface area contributed by atoms with Crippen LogP contribution in [0.25, 0.3) is 10.8 Å². The molecule has 32 heavy (non-hydrogen) atoms. The zero-order valence-corrected chi connectivity index (χ0v) is 18.0. The standard InChI is InChI=1S/C26H25N3O3/c1-18(2)32-23-12-13-24-19(16-23)14-15-29(26(24)31)17-25(30)28-22-10-8-21(9-11-22)27-20-6-4-3-5-7-20/h3-16,18,27H,17H2,1-2H3,(H,28,30). The summed E-state index contributed by atoms with van der Waals surface area (Å²) >= 11 is 0. The number of nitrogens with one attached hydrogen (secondary N) is 2. The van der Waals surface area contributed by atoms with E-state index in [4.69, 9.17) is 4.74 Å². The quantitative estimate of drug-likeness (QED) is 0.427. The number of carbonyl (C=O) groups is 1. The molecule has 0 radical (unpaired) electrons. The molecule has 0 aliphatic rings. The Morgan fingerprint density at radius 2 is 1.59 bits per heavy atom. The van der Waals surface area contributed by atoms with Crippen LogP contribution in [0.5, 0.6) is 5.75 Å². The van der Waals surface area contributed by atoms with Gasteiger partial charge in [-0.25, -0.2) is 0 Å². The molecule has 0 unspecified atom stereocenters. The molecule has 1 aromatic heterocycles. The number of anilines is 3. The van der Waals surface area contributed by atoms with Gasteiger partial charge in [0.1, 0.15) is 12.3 Å². The van der Waals surface area contributed by atoms with Gasteiger partial charge < -0.3 is 19.9 Å². The van der Waals surface area contributed by atoms with E-state index < -0.39 is 0 Å². The van der Waals surface area contributed by atoms with Gasteiger partial charge in [-0.05, 0) is 79.9 Å². The van der Waals surface area contributed by atoms with Crippen LogP contribution in [-0.2, 0) is 11.3 Å². The number of ether oxygens (including phenoxy) is 1. The number of para-hydroxylation sites is 1. The van der Waals surface area contributed by atoms with Crippen molar-refractivity contribution in [3.05, 3.63) is 95.4 Å². The molecule has 1 amide bonds. The molecule has 0 fully saturated rings. The molecule has 0 aliphatic heterocycles. The van der Waals surface area contributed by atoms with Crippen LogP contribution in [0, 0.1) is 0 Å². The Labute approximate surface area is 186 Å².